The highest BCUT2D eigenvalue weighted by Gasteiger charge is 2.06. The predicted octanol–water partition coefficient (Wildman–Crippen LogP) is 2.01. The first-order chi connectivity index (χ1) is 7.36. The van der Waals surface area contributed by atoms with Crippen LogP contribution in [-0.4, -0.2) is 37.5 Å². The van der Waals surface area contributed by atoms with Crippen molar-refractivity contribution in [1.29, 1.82) is 0 Å². The van der Waals surface area contributed by atoms with Crippen molar-refractivity contribution in [2.75, 3.05) is 26.3 Å². The second kappa shape index (κ2) is 5.14. The van der Waals surface area contributed by atoms with Gasteiger partial charge in [-0.2, -0.15) is 5.10 Å². The normalized spacial score (nSPS) is 17.3. The number of benzene rings is 1. The molecule has 1 fully saturated rings. The highest BCUT2D eigenvalue weighted by Crippen LogP contribution is 2.12. The first kappa shape index (κ1) is 10.5. The topological polar surface area (TPSA) is 24.8 Å². The van der Waals surface area contributed by atoms with E-state index in [1.54, 1.807) is 6.21 Å². The van der Waals surface area contributed by atoms with Gasteiger partial charge < -0.3 is 4.74 Å². The molecule has 1 aliphatic rings. The standard InChI is InChI=1S/C11H13ClN2O/c12-11-4-2-1-3-10(11)9-13-14-5-7-15-8-6-14/h1-4,9H,5-8H2/b13-9+. The molecule has 0 aromatic heterocycles. The van der Waals surface area contributed by atoms with Crippen molar-refractivity contribution in [2.24, 2.45) is 5.10 Å². The van der Waals surface area contributed by atoms with E-state index in [1.807, 2.05) is 29.3 Å². The molecule has 1 saturated heterocycles. The fraction of sp³-hybridized carbons (Fsp3) is 0.364. The van der Waals surface area contributed by atoms with E-state index in [2.05, 4.69) is 5.10 Å². The molecule has 2 rings (SSSR count). The lowest BCUT2D eigenvalue weighted by atomic mass is 10.2. The van der Waals surface area contributed by atoms with Crippen LogP contribution in [0.5, 0.6) is 0 Å². The lowest BCUT2D eigenvalue weighted by molar-refractivity contribution is 0.0397. The van der Waals surface area contributed by atoms with E-state index in [4.69, 9.17) is 16.3 Å². The van der Waals surface area contributed by atoms with Gasteiger partial charge in [-0.25, -0.2) is 0 Å². The van der Waals surface area contributed by atoms with E-state index < -0.39 is 0 Å². The highest BCUT2D eigenvalue weighted by molar-refractivity contribution is 6.33. The third-order valence-electron chi connectivity index (χ3n) is 2.25. The molecular formula is C11H13ClN2O. The SMILES string of the molecule is Clc1ccccc1/C=N/N1CCOCC1. The van der Waals surface area contributed by atoms with Gasteiger partial charge in [-0.05, 0) is 6.07 Å². The Morgan fingerprint density at radius 1 is 1.27 bits per heavy atom. The number of halogens is 1. The van der Waals surface area contributed by atoms with Gasteiger partial charge in [0.05, 0.1) is 32.5 Å². The van der Waals surface area contributed by atoms with Gasteiger partial charge >= 0.3 is 0 Å². The molecule has 80 valence electrons. The Balaban J connectivity index is 2.01. The molecule has 0 bridgehead atoms. The summed E-state index contributed by atoms with van der Waals surface area (Å²) in [6.45, 7) is 3.20. The van der Waals surface area contributed by atoms with E-state index in [0.717, 1.165) is 36.9 Å². The molecule has 0 saturated carbocycles. The van der Waals surface area contributed by atoms with Gasteiger partial charge in [0.15, 0.2) is 0 Å². The Hall–Kier alpha value is -1.06. The maximum Gasteiger partial charge on any atom is 0.0659 e. The van der Waals surface area contributed by atoms with Crippen LogP contribution in [-0.2, 0) is 4.74 Å². The molecule has 0 radical (unpaired) electrons. The average Bonchev–Trinajstić information content (AvgIpc) is 2.29. The fourth-order valence-corrected chi connectivity index (χ4v) is 1.58. The third-order valence-corrected chi connectivity index (χ3v) is 2.60. The van der Waals surface area contributed by atoms with E-state index in [1.165, 1.54) is 0 Å². The molecule has 1 heterocycles. The molecule has 4 heteroatoms. The van der Waals surface area contributed by atoms with Crippen LogP contribution in [0.2, 0.25) is 5.02 Å². The number of rotatable bonds is 2. The maximum atomic E-state index is 6.01. The van der Waals surface area contributed by atoms with Crippen molar-refractivity contribution in [1.82, 2.24) is 5.01 Å². The van der Waals surface area contributed by atoms with Gasteiger partial charge in [-0.3, -0.25) is 5.01 Å². The molecular weight excluding hydrogens is 212 g/mol. The van der Waals surface area contributed by atoms with Gasteiger partial charge in [0, 0.05) is 10.6 Å². The number of hydrazone groups is 1. The molecule has 0 aliphatic carbocycles. The summed E-state index contributed by atoms with van der Waals surface area (Å²) < 4.78 is 5.23. The Bertz CT molecular complexity index is 348. The lowest BCUT2D eigenvalue weighted by Gasteiger charge is -2.23. The second-order valence-electron chi connectivity index (χ2n) is 3.33. The highest BCUT2D eigenvalue weighted by atomic mass is 35.5. The predicted molar refractivity (Wildman–Crippen MR) is 61.4 cm³/mol. The molecule has 0 amide bonds. The smallest absolute Gasteiger partial charge is 0.0659 e. The number of morpholine rings is 1. The third kappa shape index (κ3) is 2.94. The Kier molecular flexibility index (Phi) is 3.59. The number of hydrogen-bond acceptors (Lipinski definition) is 3. The van der Waals surface area contributed by atoms with E-state index in [-0.39, 0.29) is 0 Å². The zero-order chi connectivity index (χ0) is 10.5. The first-order valence-electron chi connectivity index (χ1n) is 4.97. The molecule has 1 aliphatic heterocycles. The summed E-state index contributed by atoms with van der Waals surface area (Å²) in [7, 11) is 0. The van der Waals surface area contributed by atoms with Crippen LogP contribution in [0.15, 0.2) is 29.4 Å². The van der Waals surface area contributed by atoms with Crippen molar-refractivity contribution in [3.63, 3.8) is 0 Å². The van der Waals surface area contributed by atoms with Gasteiger partial charge in [0.25, 0.3) is 0 Å². The van der Waals surface area contributed by atoms with Crippen molar-refractivity contribution < 1.29 is 4.74 Å². The molecule has 0 spiro atoms. The molecule has 0 unspecified atom stereocenters. The van der Waals surface area contributed by atoms with Crippen LogP contribution in [0.3, 0.4) is 0 Å². The zero-order valence-corrected chi connectivity index (χ0v) is 9.15. The van der Waals surface area contributed by atoms with Gasteiger partial charge in [0.1, 0.15) is 0 Å². The molecule has 0 atom stereocenters. The summed E-state index contributed by atoms with van der Waals surface area (Å²) in [5.41, 5.74) is 0.950. The minimum Gasteiger partial charge on any atom is -0.378 e. The van der Waals surface area contributed by atoms with Crippen molar-refractivity contribution >= 4 is 17.8 Å². The monoisotopic (exact) mass is 224 g/mol. The van der Waals surface area contributed by atoms with Crippen LogP contribution in [0.1, 0.15) is 5.56 Å². The van der Waals surface area contributed by atoms with Gasteiger partial charge in [-0.15, -0.1) is 0 Å². The van der Waals surface area contributed by atoms with Crippen molar-refractivity contribution in [3.05, 3.63) is 34.9 Å². The molecule has 3 nitrogen and oxygen atoms in total. The maximum absolute atomic E-state index is 6.01. The summed E-state index contributed by atoms with van der Waals surface area (Å²) in [5, 5.41) is 7.08. The van der Waals surface area contributed by atoms with Crippen LogP contribution < -0.4 is 0 Å². The van der Waals surface area contributed by atoms with Crippen molar-refractivity contribution in [3.8, 4) is 0 Å². The summed E-state index contributed by atoms with van der Waals surface area (Å²) in [5.74, 6) is 0. The van der Waals surface area contributed by atoms with Gasteiger partial charge in [-0.1, -0.05) is 29.8 Å². The lowest BCUT2D eigenvalue weighted by Crippen LogP contribution is -2.32. The van der Waals surface area contributed by atoms with E-state index >= 15 is 0 Å². The molecule has 1 aromatic rings. The Labute approximate surface area is 94.3 Å². The van der Waals surface area contributed by atoms with E-state index in [0.29, 0.717) is 0 Å². The Morgan fingerprint density at radius 3 is 2.73 bits per heavy atom. The number of hydrogen-bond donors (Lipinski definition) is 0. The second-order valence-corrected chi connectivity index (χ2v) is 3.74. The average molecular weight is 225 g/mol. The van der Waals surface area contributed by atoms with Crippen LogP contribution in [0.4, 0.5) is 0 Å². The Morgan fingerprint density at radius 2 is 2.00 bits per heavy atom. The minimum atomic E-state index is 0.731. The summed E-state index contributed by atoms with van der Waals surface area (Å²) in [6, 6.07) is 7.68. The number of nitrogens with zero attached hydrogens (tertiary/aromatic N) is 2. The zero-order valence-electron chi connectivity index (χ0n) is 8.40. The first-order valence-corrected chi connectivity index (χ1v) is 5.35. The summed E-state index contributed by atoms with van der Waals surface area (Å²) in [4.78, 5) is 0. The molecule has 0 N–H and O–H groups in total. The number of ether oxygens (including phenoxy) is 1. The van der Waals surface area contributed by atoms with Crippen LogP contribution in [0.25, 0.3) is 0 Å². The quantitative estimate of drug-likeness (QED) is 0.718. The van der Waals surface area contributed by atoms with Gasteiger partial charge in [0.2, 0.25) is 0 Å². The molecule has 1 aromatic carbocycles. The fourth-order valence-electron chi connectivity index (χ4n) is 1.39. The van der Waals surface area contributed by atoms with Crippen molar-refractivity contribution in [2.45, 2.75) is 0 Å². The van der Waals surface area contributed by atoms with Crippen LogP contribution in [0, 0.1) is 0 Å². The summed E-state index contributed by atoms with van der Waals surface area (Å²) >= 11 is 6.01. The van der Waals surface area contributed by atoms with Crippen LogP contribution >= 0.6 is 11.6 Å². The largest absolute Gasteiger partial charge is 0.378 e. The summed E-state index contributed by atoms with van der Waals surface area (Å²) in [6.07, 6.45) is 1.80. The van der Waals surface area contributed by atoms with E-state index in [9.17, 15) is 0 Å². The molecule has 15 heavy (non-hydrogen) atoms. The minimum absolute atomic E-state index is 0.731.